The number of amides is 1. The highest BCUT2D eigenvalue weighted by atomic mass is 16.3. The number of aryl methyl sites for hydroxylation is 1. The SMILES string of the molecule is Cc1c[c]n2nc(CNC(=O)c3ccc(O)c(O)c3)nc2n1. The van der Waals surface area contributed by atoms with E-state index in [1.54, 1.807) is 6.07 Å². The number of aromatic hydroxyl groups is 2. The van der Waals surface area contributed by atoms with Gasteiger partial charge < -0.3 is 15.5 Å². The van der Waals surface area contributed by atoms with Crippen LogP contribution in [0.25, 0.3) is 5.78 Å². The Labute approximate surface area is 125 Å². The zero-order valence-corrected chi connectivity index (χ0v) is 11.6. The molecule has 8 nitrogen and oxygen atoms in total. The van der Waals surface area contributed by atoms with Crippen LogP contribution in [0.15, 0.2) is 24.3 Å². The zero-order valence-electron chi connectivity index (χ0n) is 11.6. The van der Waals surface area contributed by atoms with Crippen molar-refractivity contribution in [2.75, 3.05) is 0 Å². The minimum Gasteiger partial charge on any atom is -0.504 e. The number of hydrogen-bond acceptors (Lipinski definition) is 6. The average Bonchev–Trinajstić information content (AvgIpc) is 2.89. The van der Waals surface area contributed by atoms with Crippen LogP contribution < -0.4 is 5.32 Å². The fourth-order valence-corrected chi connectivity index (χ4v) is 1.85. The number of nitrogens with one attached hydrogen (secondary N) is 1. The van der Waals surface area contributed by atoms with Crippen molar-refractivity contribution in [3.8, 4) is 11.5 Å². The normalized spacial score (nSPS) is 10.8. The summed E-state index contributed by atoms with van der Waals surface area (Å²) >= 11 is 0. The topological polar surface area (TPSA) is 113 Å². The number of hydrogen-bond donors (Lipinski definition) is 3. The summed E-state index contributed by atoms with van der Waals surface area (Å²) in [7, 11) is 0. The summed E-state index contributed by atoms with van der Waals surface area (Å²) in [6, 6.07) is 5.51. The first-order chi connectivity index (χ1) is 10.5. The number of carbonyl (C=O) groups is 1. The lowest BCUT2D eigenvalue weighted by Gasteiger charge is -2.04. The zero-order chi connectivity index (χ0) is 15.7. The molecule has 0 aliphatic carbocycles. The molecule has 0 atom stereocenters. The van der Waals surface area contributed by atoms with Crippen molar-refractivity contribution in [2.45, 2.75) is 13.5 Å². The standard InChI is InChI=1S/C14H12N5O3/c1-8-4-5-19-14(16-8)17-12(18-19)7-15-13(22)9-2-3-10(20)11(21)6-9/h2-4,6,20-21H,7H2,1H3,(H,15,22). The monoisotopic (exact) mass is 298 g/mol. The van der Waals surface area contributed by atoms with E-state index in [0.29, 0.717) is 11.6 Å². The summed E-state index contributed by atoms with van der Waals surface area (Å²) in [6.07, 6.45) is 2.88. The number of nitrogens with zero attached hydrogens (tertiary/aromatic N) is 4. The third-order valence-electron chi connectivity index (χ3n) is 2.95. The second-order valence-corrected chi connectivity index (χ2v) is 4.65. The van der Waals surface area contributed by atoms with Gasteiger partial charge >= 0.3 is 0 Å². The number of carbonyl (C=O) groups excluding carboxylic acids is 1. The first-order valence-corrected chi connectivity index (χ1v) is 6.44. The predicted molar refractivity (Wildman–Crippen MR) is 75.3 cm³/mol. The van der Waals surface area contributed by atoms with E-state index in [1.165, 1.54) is 22.7 Å². The van der Waals surface area contributed by atoms with Crippen molar-refractivity contribution < 1.29 is 15.0 Å². The fourth-order valence-electron chi connectivity index (χ4n) is 1.85. The van der Waals surface area contributed by atoms with E-state index >= 15 is 0 Å². The van der Waals surface area contributed by atoms with Gasteiger partial charge in [0.25, 0.3) is 11.7 Å². The van der Waals surface area contributed by atoms with Gasteiger partial charge in [-0.25, -0.2) is 4.98 Å². The maximum Gasteiger partial charge on any atom is 0.253 e. The van der Waals surface area contributed by atoms with Crippen LogP contribution in [0.3, 0.4) is 0 Å². The summed E-state index contributed by atoms with van der Waals surface area (Å²) in [6.45, 7) is 1.93. The molecule has 0 bridgehead atoms. The molecule has 2 aromatic heterocycles. The van der Waals surface area contributed by atoms with E-state index in [9.17, 15) is 15.0 Å². The van der Waals surface area contributed by atoms with Gasteiger partial charge in [0.05, 0.1) is 12.7 Å². The lowest BCUT2D eigenvalue weighted by atomic mass is 10.2. The lowest BCUT2D eigenvalue weighted by Crippen LogP contribution is -2.23. The number of phenols is 2. The molecule has 0 saturated carbocycles. The van der Waals surface area contributed by atoms with Gasteiger partial charge in [-0.2, -0.15) is 9.50 Å². The Morgan fingerprint density at radius 3 is 2.91 bits per heavy atom. The molecule has 3 N–H and O–H groups in total. The van der Waals surface area contributed by atoms with Gasteiger partial charge in [-0.15, -0.1) is 5.10 Å². The average molecular weight is 298 g/mol. The van der Waals surface area contributed by atoms with Gasteiger partial charge in [-0.3, -0.25) is 4.79 Å². The summed E-state index contributed by atoms with van der Waals surface area (Å²) in [5.74, 6) is -0.247. The van der Waals surface area contributed by atoms with Crippen LogP contribution in [0, 0.1) is 13.1 Å². The quantitative estimate of drug-likeness (QED) is 0.609. The summed E-state index contributed by atoms with van der Waals surface area (Å²) in [5.41, 5.74) is 0.995. The van der Waals surface area contributed by atoms with Gasteiger partial charge in [-0.1, -0.05) is 0 Å². The van der Waals surface area contributed by atoms with Crippen molar-refractivity contribution in [1.82, 2.24) is 24.9 Å². The second kappa shape index (κ2) is 5.32. The third-order valence-corrected chi connectivity index (χ3v) is 2.95. The Kier molecular flexibility index (Phi) is 3.34. The predicted octanol–water partition coefficient (Wildman–Crippen LogP) is 0.574. The molecule has 3 aromatic rings. The highest BCUT2D eigenvalue weighted by molar-refractivity contribution is 5.94. The highest BCUT2D eigenvalue weighted by Crippen LogP contribution is 2.24. The first-order valence-electron chi connectivity index (χ1n) is 6.44. The summed E-state index contributed by atoms with van der Waals surface area (Å²) < 4.78 is 1.40. The van der Waals surface area contributed by atoms with Crippen molar-refractivity contribution in [3.63, 3.8) is 0 Å². The van der Waals surface area contributed by atoms with Crippen LogP contribution in [-0.2, 0) is 6.54 Å². The van der Waals surface area contributed by atoms with E-state index < -0.39 is 5.91 Å². The Hall–Kier alpha value is -3.16. The van der Waals surface area contributed by atoms with Gasteiger partial charge in [0, 0.05) is 11.3 Å². The lowest BCUT2D eigenvalue weighted by molar-refractivity contribution is 0.0949. The van der Waals surface area contributed by atoms with Crippen LogP contribution in [0.1, 0.15) is 21.9 Å². The molecule has 1 radical (unpaired) electrons. The maximum atomic E-state index is 12.0. The number of benzene rings is 1. The van der Waals surface area contributed by atoms with Crippen LogP contribution in [0.2, 0.25) is 0 Å². The molecule has 0 unspecified atom stereocenters. The van der Waals surface area contributed by atoms with Crippen molar-refractivity contribution in [2.24, 2.45) is 0 Å². The molecular weight excluding hydrogens is 286 g/mol. The Morgan fingerprint density at radius 1 is 1.32 bits per heavy atom. The number of fused-ring (bicyclic) bond motifs is 1. The molecule has 1 amide bonds. The first kappa shape index (κ1) is 13.8. The smallest absolute Gasteiger partial charge is 0.253 e. The van der Waals surface area contributed by atoms with Gasteiger partial charge in [-0.05, 0) is 31.2 Å². The molecule has 0 fully saturated rings. The molecular formula is C14H12N5O3. The number of rotatable bonds is 3. The molecule has 0 aliphatic heterocycles. The second-order valence-electron chi connectivity index (χ2n) is 4.65. The highest BCUT2D eigenvalue weighted by Gasteiger charge is 2.11. The van der Waals surface area contributed by atoms with Crippen molar-refractivity contribution >= 4 is 11.7 Å². The van der Waals surface area contributed by atoms with Gasteiger partial charge in [0.15, 0.2) is 17.3 Å². The van der Waals surface area contributed by atoms with Crippen LogP contribution >= 0.6 is 0 Å². The largest absolute Gasteiger partial charge is 0.504 e. The van der Waals surface area contributed by atoms with E-state index in [0.717, 1.165) is 5.69 Å². The maximum absolute atomic E-state index is 12.0. The third kappa shape index (κ3) is 2.66. The van der Waals surface area contributed by atoms with Gasteiger partial charge in [0.1, 0.15) is 0 Å². The molecule has 0 spiro atoms. The van der Waals surface area contributed by atoms with Crippen LogP contribution in [0.5, 0.6) is 11.5 Å². The molecule has 111 valence electrons. The summed E-state index contributed by atoms with van der Waals surface area (Å²) in [5, 5.41) is 25.4. The van der Waals surface area contributed by atoms with E-state index in [4.69, 9.17) is 0 Å². The van der Waals surface area contributed by atoms with Gasteiger partial charge in [0.2, 0.25) is 0 Å². The molecule has 0 aliphatic rings. The summed E-state index contributed by atoms with van der Waals surface area (Å²) in [4.78, 5) is 20.3. The Morgan fingerprint density at radius 2 is 2.14 bits per heavy atom. The van der Waals surface area contributed by atoms with Crippen LogP contribution in [-0.4, -0.2) is 35.7 Å². The molecule has 2 heterocycles. The number of aromatic nitrogens is 4. The Balaban J connectivity index is 1.72. The van der Waals surface area contributed by atoms with E-state index in [-0.39, 0.29) is 23.6 Å². The van der Waals surface area contributed by atoms with Crippen LogP contribution in [0.4, 0.5) is 0 Å². The van der Waals surface area contributed by atoms with Crippen molar-refractivity contribution in [1.29, 1.82) is 0 Å². The van der Waals surface area contributed by atoms with Crippen molar-refractivity contribution in [3.05, 3.63) is 47.5 Å². The molecule has 22 heavy (non-hydrogen) atoms. The van der Waals surface area contributed by atoms with E-state index in [2.05, 4.69) is 26.6 Å². The van der Waals surface area contributed by atoms with E-state index in [1.807, 2.05) is 6.92 Å². The molecule has 8 heteroatoms. The number of phenolic OH excluding ortho intramolecular Hbond substituents is 2. The minimum absolute atomic E-state index is 0.108. The molecule has 1 aromatic carbocycles. The molecule has 0 saturated heterocycles. The Bertz CT molecular complexity index is 859. The fraction of sp³-hybridized carbons (Fsp3) is 0.143. The minimum atomic E-state index is -0.415. The molecule has 3 rings (SSSR count).